The van der Waals surface area contributed by atoms with E-state index in [2.05, 4.69) is 0 Å². The van der Waals surface area contributed by atoms with Crippen molar-refractivity contribution >= 4 is 17.7 Å². The summed E-state index contributed by atoms with van der Waals surface area (Å²) in [6, 6.07) is 0. The second-order valence-electron chi connectivity index (χ2n) is 3.35. The zero-order valence-corrected chi connectivity index (χ0v) is 7.45. The fourth-order valence-corrected chi connectivity index (χ4v) is 1.36. The number of primary amides is 1. The second kappa shape index (κ2) is 3.55. The number of piperidine rings is 1. The predicted molar refractivity (Wildman–Crippen MR) is 44.3 cm³/mol. The van der Waals surface area contributed by atoms with Gasteiger partial charge in [0.15, 0.2) is 0 Å². The Labute approximate surface area is 75.9 Å². The molecule has 1 fully saturated rings. The second-order valence-corrected chi connectivity index (χ2v) is 3.35. The first-order chi connectivity index (χ1) is 6.00. The van der Waals surface area contributed by atoms with Gasteiger partial charge in [-0.2, -0.15) is 0 Å². The lowest BCUT2D eigenvalue weighted by Gasteiger charge is -2.26. The molecule has 0 aliphatic carbocycles. The van der Waals surface area contributed by atoms with Crippen LogP contribution in [0, 0.1) is 5.92 Å². The molecule has 0 aromatic heterocycles. The molecule has 0 aromatic rings. The topological polar surface area (TPSA) is 80.5 Å². The number of carbonyl (C=O) groups excluding carboxylic acids is 3. The molecule has 0 atom stereocenters. The highest BCUT2D eigenvalue weighted by Gasteiger charge is 2.30. The van der Waals surface area contributed by atoms with Gasteiger partial charge in [0.2, 0.25) is 17.7 Å². The van der Waals surface area contributed by atoms with E-state index in [4.69, 9.17) is 5.73 Å². The van der Waals surface area contributed by atoms with Crippen LogP contribution < -0.4 is 5.73 Å². The van der Waals surface area contributed by atoms with E-state index in [-0.39, 0.29) is 24.3 Å². The van der Waals surface area contributed by atoms with Crippen LogP contribution in [-0.2, 0) is 14.4 Å². The highest BCUT2D eigenvalue weighted by atomic mass is 16.2. The summed E-state index contributed by atoms with van der Waals surface area (Å²) in [4.78, 5) is 33.9. The lowest BCUT2D eigenvalue weighted by molar-refractivity contribution is -0.151. The van der Waals surface area contributed by atoms with E-state index in [1.54, 1.807) is 0 Å². The first-order valence-electron chi connectivity index (χ1n) is 4.12. The SMILES string of the molecule is CC1CC(=O)N(CC(N)=O)C(=O)C1. The summed E-state index contributed by atoms with van der Waals surface area (Å²) in [5.74, 6) is -1.19. The van der Waals surface area contributed by atoms with Crippen LogP contribution in [0.1, 0.15) is 19.8 Å². The van der Waals surface area contributed by atoms with Gasteiger partial charge in [-0.25, -0.2) is 0 Å². The minimum atomic E-state index is -0.656. The monoisotopic (exact) mass is 184 g/mol. The van der Waals surface area contributed by atoms with Crippen molar-refractivity contribution in [1.29, 1.82) is 0 Å². The summed E-state index contributed by atoms with van der Waals surface area (Å²) in [6.07, 6.45) is 0.637. The van der Waals surface area contributed by atoms with Crippen molar-refractivity contribution in [3.05, 3.63) is 0 Å². The Hall–Kier alpha value is -1.39. The minimum absolute atomic E-state index is 0.0733. The van der Waals surface area contributed by atoms with Gasteiger partial charge in [-0.15, -0.1) is 0 Å². The summed E-state index contributed by atoms with van der Waals surface area (Å²) in [7, 11) is 0. The van der Waals surface area contributed by atoms with E-state index in [9.17, 15) is 14.4 Å². The molecule has 1 saturated heterocycles. The largest absolute Gasteiger partial charge is 0.368 e. The van der Waals surface area contributed by atoms with Crippen LogP contribution in [0.5, 0.6) is 0 Å². The molecule has 1 aliphatic rings. The number of rotatable bonds is 2. The van der Waals surface area contributed by atoms with Gasteiger partial charge in [0, 0.05) is 12.8 Å². The Kier molecular flexibility index (Phi) is 2.65. The number of amides is 3. The Balaban J connectivity index is 2.67. The van der Waals surface area contributed by atoms with Gasteiger partial charge in [0.05, 0.1) is 0 Å². The summed E-state index contributed by atoms with van der Waals surface area (Å²) in [5, 5.41) is 0. The van der Waals surface area contributed by atoms with Gasteiger partial charge in [-0.1, -0.05) is 6.92 Å². The van der Waals surface area contributed by atoms with E-state index in [1.165, 1.54) is 0 Å². The van der Waals surface area contributed by atoms with Crippen LogP contribution in [0.4, 0.5) is 0 Å². The Bertz CT molecular complexity index is 244. The fraction of sp³-hybridized carbons (Fsp3) is 0.625. The number of hydrogen-bond acceptors (Lipinski definition) is 3. The molecular formula is C8H12N2O3. The number of nitrogens with two attached hydrogens (primary N) is 1. The maximum Gasteiger partial charge on any atom is 0.237 e. The van der Waals surface area contributed by atoms with Crippen molar-refractivity contribution < 1.29 is 14.4 Å². The Morgan fingerprint density at radius 2 is 1.92 bits per heavy atom. The van der Waals surface area contributed by atoms with Crippen LogP contribution in [-0.4, -0.2) is 29.2 Å². The van der Waals surface area contributed by atoms with E-state index in [0.29, 0.717) is 12.8 Å². The van der Waals surface area contributed by atoms with Crippen LogP contribution in [0.25, 0.3) is 0 Å². The number of carbonyl (C=O) groups is 3. The Morgan fingerprint density at radius 1 is 1.46 bits per heavy atom. The molecule has 72 valence electrons. The Morgan fingerprint density at radius 3 is 2.31 bits per heavy atom. The zero-order chi connectivity index (χ0) is 10.0. The summed E-state index contributed by atoms with van der Waals surface area (Å²) in [5.41, 5.74) is 4.90. The van der Waals surface area contributed by atoms with Gasteiger partial charge in [0.1, 0.15) is 6.54 Å². The molecule has 0 unspecified atom stereocenters. The van der Waals surface area contributed by atoms with Crippen molar-refractivity contribution in [1.82, 2.24) is 4.90 Å². The normalized spacial score (nSPS) is 19.3. The molecule has 1 aliphatic heterocycles. The van der Waals surface area contributed by atoms with Gasteiger partial charge in [-0.05, 0) is 5.92 Å². The molecule has 2 N–H and O–H groups in total. The zero-order valence-electron chi connectivity index (χ0n) is 7.45. The number of hydrogen-bond donors (Lipinski definition) is 1. The van der Waals surface area contributed by atoms with Crippen molar-refractivity contribution in [3.63, 3.8) is 0 Å². The molecule has 0 spiro atoms. The quantitative estimate of drug-likeness (QED) is 0.574. The van der Waals surface area contributed by atoms with Crippen molar-refractivity contribution in [2.75, 3.05) is 6.54 Å². The summed E-state index contributed by atoms with van der Waals surface area (Å²) >= 11 is 0. The highest BCUT2D eigenvalue weighted by molar-refractivity contribution is 6.00. The van der Waals surface area contributed by atoms with E-state index in [0.717, 1.165) is 4.90 Å². The molecule has 3 amide bonds. The van der Waals surface area contributed by atoms with Crippen molar-refractivity contribution in [2.45, 2.75) is 19.8 Å². The minimum Gasteiger partial charge on any atom is -0.368 e. The van der Waals surface area contributed by atoms with Gasteiger partial charge < -0.3 is 5.73 Å². The summed E-state index contributed by atoms with van der Waals surface area (Å²) in [6.45, 7) is 1.54. The smallest absolute Gasteiger partial charge is 0.237 e. The maximum absolute atomic E-state index is 11.2. The molecular weight excluding hydrogens is 172 g/mol. The average molecular weight is 184 g/mol. The third-order valence-corrected chi connectivity index (χ3v) is 1.96. The number of nitrogens with zero attached hydrogens (tertiary/aromatic N) is 1. The van der Waals surface area contributed by atoms with Crippen LogP contribution in [0.3, 0.4) is 0 Å². The van der Waals surface area contributed by atoms with Gasteiger partial charge >= 0.3 is 0 Å². The molecule has 13 heavy (non-hydrogen) atoms. The molecule has 0 aromatic carbocycles. The molecule has 5 heteroatoms. The number of imide groups is 1. The molecule has 0 radical (unpaired) electrons. The van der Waals surface area contributed by atoms with Crippen LogP contribution >= 0.6 is 0 Å². The standard InChI is InChI=1S/C8H12N2O3/c1-5-2-7(12)10(4-6(9)11)8(13)3-5/h5H,2-4H2,1H3,(H2,9,11). The van der Waals surface area contributed by atoms with Crippen molar-refractivity contribution in [2.24, 2.45) is 11.7 Å². The average Bonchev–Trinajstić information content (AvgIpc) is 1.96. The van der Waals surface area contributed by atoms with Crippen LogP contribution in [0.2, 0.25) is 0 Å². The van der Waals surface area contributed by atoms with Gasteiger partial charge in [0.25, 0.3) is 0 Å². The molecule has 1 rings (SSSR count). The van der Waals surface area contributed by atoms with Crippen LogP contribution in [0.15, 0.2) is 0 Å². The fourth-order valence-electron chi connectivity index (χ4n) is 1.36. The molecule has 0 bridgehead atoms. The first kappa shape index (κ1) is 9.70. The number of likely N-dealkylation sites (tertiary alicyclic amines) is 1. The lowest BCUT2D eigenvalue weighted by Crippen LogP contribution is -2.46. The maximum atomic E-state index is 11.2. The third kappa shape index (κ3) is 2.27. The van der Waals surface area contributed by atoms with E-state index >= 15 is 0 Å². The first-order valence-corrected chi connectivity index (χ1v) is 4.12. The molecule has 0 saturated carbocycles. The van der Waals surface area contributed by atoms with Crippen molar-refractivity contribution in [3.8, 4) is 0 Å². The third-order valence-electron chi connectivity index (χ3n) is 1.96. The lowest BCUT2D eigenvalue weighted by atomic mass is 9.98. The molecule has 1 heterocycles. The molecule has 5 nitrogen and oxygen atoms in total. The predicted octanol–water partition coefficient (Wildman–Crippen LogP) is -0.743. The van der Waals surface area contributed by atoms with Gasteiger partial charge in [-0.3, -0.25) is 19.3 Å². The van der Waals surface area contributed by atoms with E-state index < -0.39 is 5.91 Å². The van der Waals surface area contributed by atoms with E-state index in [1.807, 2.05) is 6.92 Å². The summed E-state index contributed by atoms with van der Waals surface area (Å²) < 4.78 is 0. The highest BCUT2D eigenvalue weighted by Crippen LogP contribution is 2.17.